The van der Waals surface area contributed by atoms with Crippen molar-refractivity contribution in [1.29, 1.82) is 0 Å². The van der Waals surface area contributed by atoms with Gasteiger partial charge in [0.1, 0.15) is 6.04 Å². The van der Waals surface area contributed by atoms with E-state index < -0.39 is 18.1 Å². The standard InChI is InChI=1S/C24H47NO4/c1-4-6-7-8-9-10-11-12-13-14-15-16-17-18-19-20-21-29-23(26)22(3)25-24(27)28-5-2/h22H,4-21H2,1-3H3,(H,25,27)/t22-/m0/s1. The largest absolute Gasteiger partial charge is 0.464 e. The summed E-state index contributed by atoms with van der Waals surface area (Å²) in [6.45, 7) is 6.30. The van der Waals surface area contributed by atoms with Crippen LogP contribution < -0.4 is 5.32 Å². The van der Waals surface area contributed by atoms with E-state index in [1.165, 1.54) is 89.9 Å². The molecule has 172 valence electrons. The summed E-state index contributed by atoms with van der Waals surface area (Å²) in [6, 6.07) is -0.671. The molecule has 0 fully saturated rings. The number of ether oxygens (including phenoxy) is 2. The lowest BCUT2D eigenvalue weighted by Gasteiger charge is -2.13. The van der Waals surface area contributed by atoms with Crippen molar-refractivity contribution in [1.82, 2.24) is 5.32 Å². The Labute approximate surface area is 179 Å². The average molecular weight is 414 g/mol. The van der Waals surface area contributed by atoms with E-state index in [1.807, 2.05) is 0 Å². The lowest BCUT2D eigenvalue weighted by molar-refractivity contribution is -0.145. The van der Waals surface area contributed by atoms with Gasteiger partial charge in [0.2, 0.25) is 0 Å². The lowest BCUT2D eigenvalue weighted by Crippen LogP contribution is -2.39. The number of amides is 1. The highest BCUT2D eigenvalue weighted by Crippen LogP contribution is 2.13. The van der Waals surface area contributed by atoms with Gasteiger partial charge in [0.25, 0.3) is 0 Å². The molecule has 0 rings (SSSR count). The van der Waals surface area contributed by atoms with Crippen molar-refractivity contribution in [2.24, 2.45) is 0 Å². The number of carbonyl (C=O) groups is 2. The van der Waals surface area contributed by atoms with E-state index in [1.54, 1.807) is 13.8 Å². The summed E-state index contributed by atoms with van der Waals surface area (Å²) in [5.41, 5.74) is 0. The van der Waals surface area contributed by atoms with Crippen molar-refractivity contribution in [3.05, 3.63) is 0 Å². The van der Waals surface area contributed by atoms with Crippen LogP contribution in [-0.4, -0.2) is 31.3 Å². The van der Waals surface area contributed by atoms with Gasteiger partial charge >= 0.3 is 12.1 Å². The van der Waals surface area contributed by atoms with Crippen LogP contribution in [0, 0.1) is 0 Å². The molecule has 0 aliphatic carbocycles. The van der Waals surface area contributed by atoms with Crippen LogP contribution in [-0.2, 0) is 14.3 Å². The fourth-order valence-corrected chi connectivity index (χ4v) is 3.36. The molecule has 0 aromatic carbocycles. The number of nitrogens with one attached hydrogen (secondary N) is 1. The summed E-state index contributed by atoms with van der Waals surface area (Å²) >= 11 is 0. The minimum Gasteiger partial charge on any atom is -0.464 e. The zero-order chi connectivity index (χ0) is 21.6. The van der Waals surface area contributed by atoms with E-state index in [9.17, 15) is 9.59 Å². The van der Waals surface area contributed by atoms with Gasteiger partial charge in [-0.05, 0) is 20.3 Å². The summed E-state index contributed by atoms with van der Waals surface area (Å²) in [5, 5.41) is 2.45. The van der Waals surface area contributed by atoms with Gasteiger partial charge < -0.3 is 14.8 Å². The number of unbranched alkanes of at least 4 members (excludes halogenated alkanes) is 15. The maximum atomic E-state index is 11.8. The van der Waals surface area contributed by atoms with E-state index in [2.05, 4.69) is 12.2 Å². The van der Waals surface area contributed by atoms with Gasteiger partial charge in [-0.3, -0.25) is 0 Å². The highest BCUT2D eigenvalue weighted by molar-refractivity contribution is 5.80. The van der Waals surface area contributed by atoms with Crippen LogP contribution in [0.4, 0.5) is 4.79 Å². The highest BCUT2D eigenvalue weighted by atomic mass is 16.6. The number of hydrogen-bond acceptors (Lipinski definition) is 4. The Kier molecular flexibility index (Phi) is 20.5. The van der Waals surface area contributed by atoms with Crippen molar-refractivity contribution in [2.75, 3.05) is 13.2 Å². The topological polar surface area (TPSA) is 64.6 Å². The molecule has 0 bridgehead atoms. The first kappa shape index (κ1) is 27.7. The van der Waals surface area contributed by atoms with Gasteiger partial charge in [-0.2, -0.15) is 0 Å². The fourth-order valence-electron chi connectivity index (χ4n) is 3.36. The van der Waals surface area contributed by atoms with Gasteiger partial charge in [0.05, 0.1) is 13.2 Å². The number of carbonyl (C=O) groups excluding carboxylic acids is 2. The Bertz CT molecular complexity index is 387. The molecule has 0 aliphatic heterocycles. The molecule has 0 saturated carbocycles. The van der Waals surface area contributed by atoms with E-state index in [-0.39, 0.29) is 6.61 Å². The second-order valence-corrected chi connectivity index (χ2v) is 8.06. The van der Waals surface area contributed by atoms with E-state index >= 15 is 0 Å². The van der Waals surface area contributed by atoms with Crippen LogP contribution in [0.3, 0.4) is 0 Å². The smallest absolute Gasteiger partial charge is 0.407 e. The summed E-state index contributed by atoms with van der Waals surface area (Å²) < 4.78 is 9.94. The number of hydrogen-bond donors (Lipinski definition) is 1. The predicted molar refractivity (Wildman–Crippen MR) is 120 cm³/mol. The Morgan fingerprint density at radius 2 is 1.07 bits per heavy atom. The predicted octanol–water partition coefficient (Wildman–Crippen LogP) is 6.93. The molecule has 5 nitrogen and oxygen atoms in total. The summed E-state index contributed by atoms with van der Waals surface area (Å²) in [7, 11) is 0. The Balaban J connectivity index is 3.27. The Morgan fingerprint density at radius 3 is 1.48 bits per heavy atom. The molecule has 0 radical (unpaired) electrons. The van der Waals surface area contributed by atoms with Crippen molar-refractivity contribution in [3.8, 4) is 0 Å². The lowest BCUT2D eigenvalue weighted by atomic mass is 10.0. The monoisotopic (exact) mass is 413 g/mol. The normalized spacial score (nSPS) is 11.8. The van der Waals surface area contributed by atoms with Gasteiger partial charge in [-0.1, -0.05) is 103 Å². The second kappa shape index (κ2) is 21.4. The highest BCUT2D eigenvalue weighted by Gasteiger charge is 2.17. The first-order valence-electron chi connectivity index (χ1n) is 12.2. The van der Waals surface area contributed by atoms with E-state index in [0.717, 1.165) is 12.8 Å². The Hall–Kier alpha value is -1.26. The van der Waals surface area contributed by atoms with Gasteiger partial charge in [-0.25, -0.2) is 9.59 Å². The molecule has 0 aromatic rings. The van der Waals surface area contributed by atoms with Gasteiger partial charge in [0, 0.05) is 0 Å². The molecule has 0 unspecified atom stereocenters. The maximum absolute atomic E-state index is 11.8. The summed E-state index contributed by atoms with van der Waals surface area (Å²) in [6.07, 6.45) is 20.5. The second-order valence-electron chi connectivity index (χ2n) is 8.06. The van der Waals surface area contributed by atoms with Crippen LogP contribution >= 0.6 is 0 Å². The zero-order valence-electron chi connectivity index (χ0n) is 19.4. The summed E-state index contributed by atoms with van der Waals surface area (Å²) in [4.78, 5) is 23.0. The number of rotatable bonds is 20. The molecule has 1 N–H and O–H groups in total. The molecule has 1 amide bonds. The third kappa shape index (κ3) is 19.8. The third-order valence-electron chi connectivity index (χ3n) is 5.21. The molecular weight excluding hydrogens is 366 g/mol. The third-order valence-corrected chi connectivity index (χ3v) is 5.21. The molecule has 29 heavy (non-hydrogen) atoms. The first-order chi connectivity index (χ1) is 14.1. The van der Waals surface area contributed by atoms with E-state index in [0.29, 0.717) is 6.61 Å². The molecular formula is C24H47NO4. The molecule has 5 heteroatoms. The fraction of sp³-hybridized carbons (Fsp3) is 0.917. The average Bonchev–Trinajstić information content (AvgIpc) is 2.70. The molecule has 1 atom stereocenters. The SMILES string of the molecule is CCCCCCCCCCCCCCCCCCOC(=O)[C@H](C)NC(=O)OCC. The number of alkyl carbamates (subject to hydrolysis) is 1. The minimum atomic E-state index is -0.671. The molecule has 0 aromatic heterocycles. The quantitative estimate of drug-likeness (QED) is 0.174. The molecule has 0 heterocycles. The van der Waals surface area contributed by atoms with Crippen LogP contribution in [0.25, 0.3) is 0 Å². The van der Waals surface area contributed by atoms with Gasteiger partial charge in [0.15, 0.2) is 0 Å². The van der Waals surface area contributed by atoms with E-state index in [4.69, 9.17) is 9.47 Å². The summed E-state index contributed by atoms with van der Waals surface area (Å²) in [5.74, 6) is -0.404. The van der Waals surface area contributed by atoms with Crippen LogP contribution in [0.1, 0.15) is 124 Å². The molecule has 0 aliphatic rings. The van der Waals surface area contributed by atoms with Crippen molar-refractivity contribution < 1.29 is 19.1 Å². The van der Waals surface area contributed by atoms with Crippen LogP contribution in [0.2, 0.25) is 0 Å². The molecule has 0 saturated heterocycles. The van der Waals surface area contributed by atoms with Crippen molar-refractivity contribution in [2.45, 2.75) is 130 Å². The maximum Gasteiger partial charge on any atom is 0.407 e. The Morgan fingerprint density at radius 1 is 0.655 bits per heavy atom. The molecule has 0 spiro atoms. The van der Waals surface area contributed by atoms with Crippen LogP contribution in [0.5, 0.6) is 0 Å². The zero-order valence-corrected chi connectivity index (χ0v) is 19.4. The van der Waals surface area contributed by atoms with Crippen molar-refractivity contribution in [3.63, 3.8) is 0 Å². The minimum absolute atomic E-state index is 0.285. The first-order valence-corrected chi connectivity index (χ1v) is 12.2. The van der Waals surface area contributed by atoms with Crippen molar-refractivity contribution >= 4 is 12.1 Å². The van der Waals surface area contributed by atoms with Gasteiger partial charge in [-0.15, -0.1) is 0 Å². The number of esters is 1. The van der Waals surface area contributed by atoms with Crippen LogP contribution in [0.15, 0.2) is 0 Å².